The Bertz CT molecular complexity index is 328. The zero-order valence-electron chi connectivity index (χ0n) is 20.9. The molecule has 0 heterocycles. The number of hydrogen-bond acceptors (Lipinski definition) is 2. The second-order valence-corrected chi connectivity index (χ2v) is 8.89. The molecule has 0 spiro atoms. The Labute approximate surface area is 190 Å². The largest absolute Gasteiger partial charge is 0.198 e. The molecule has 0 atom stereocenters. The molecule has 0 rings (SSSR count). The van der Waals surface area contributed by atoms with Gasteiger partial charge in [-0.15, -0.1) is 0 Å². The zero-order valence-corrected chi connectivity index (χ0v) is 20.9. The van der Waals surface area contributed by atoms with Crippen molar-refractivity contribution >= 4 is 0 Å². The van der Waals surface area contributed by atoms with Crippen LogP contribution < -0.4 is 0 Å². The molecule has 0 saturated carbocycles. The molecule has 0 unspecified atom stereocenters. The van der Waals surface area contributed by atoms with Crippen LogP contribution in [0.25, 0.3) is 0 Å². The minimum absolute atomic E-state index is 0.747. The summed E-state index contributed by atoms with van der Waals surface area (Å²) < 4.78 is 0. The fourth-order valence-electron chi connectivity index (χ4n) is 3.74. The first kappa shape index (κ1) is 31.2. The number of unbranched alkanes of at least 4 members (excludes halogenated alkanes) is 22. The highest BCUT2D eigenvalue weighted by atomic mass is 14.2. The third-order valence-corrected chi connectivity index (χ3v) is 5.78. The van der Waals surface area contributed by atoms with Gasteiger partial charge in [-0.1, -0.05) is 142 Å². The SMILES string of the molecule is CCCCCCCCCCCCCC#N.CCCCCCCCCCCCCC#N. The summed E-state index contributed by atoms with van der Waals surface area (Å²) in [5.41, 5.74) is 0. The van der Waals surface area contributed by atoms with E-state index in [1.54, 1.807) is 0 Å². The molecule has 0 aromatic heterocycles. The van der Waals surface area contributed by atoms with Crippen LogP contribution in [0.2, 0.25) is 0 Å². The Kier molecular flexibility index (Phi) is 33.9. The number of rotatable bonds is 22. The van der Waals surface area contributed by atoms with Crippen molar-refractivity contribution in [2.45, 2.75) is 168 Å². The van der Waals surface area contributed by atoms with Gasteiger partial charge in [-0.3, -0.25) is 0 Å². The Balaban J connectivity index is 0. The standard InChI is InChI=1S/2C14H27N/c2*1-2-3-4-5-6-7-8-9-10-11-12-13-14-15/h2*2-13H2,1H3. The van der Waals surface area contributed by atoms with Gasteiger partial charge in [-0.2, -0.15) is 10.5 Å². The smallest absolute Gasteiger partial charge is 0.0621 e. The van der Waals surface area contributed by atoms with E-state index in [1.807, 2.05) is 0 Å². The number of nitriles is 2. The van der Waals surface area contributed by atoms with Crippen LogP contribution in [0.3, 0.4) is 0 Å². The topological polar surface area (TPSA) is 47.6 Å². The highest BCUT2D eigenvalue weighted by molar-refractivity contribution is 4.68. The van der Waals surface area contributed by atoms with Gasteiger partial charge >= 0.3 is 0 Å². The van der Waals surface area contributed by atoms with Crippen LogP contribution in [-0.4, -0.2) is 0 Å². The van der Waals surface area contributed by atoms with Gasteiger partial charge in [0.15, 0.2) is 0 Å². The maximum Gasteiger partial charge on any atom is 0.0621 e. The van der Waals surface area contributed by atoms with Crippen LogP contribution in [0, 0.1) is 22.7 Å². The minimum Gasteiger partial charge on any atom is -0.198 e. The first-order chi connectivity index (χ1) is 14.8. The van der Waals surface area contributed by atoms with Crippen LogP contribution in [0.1, 0.15) is 168 Å². The second-order valence-electron chi connectivity index (χ2n) is 8.89. The lowest BCUT2D eigenvalue weighted by atomic mass is 10.1. The maximum atomic E-state index is 8.36. The van der Waals surface area contributed by atoms with Gasteiger partial charge < -0.3 is 0 Å². The fourth-order valence-corrected chi connectivity index (χ4v) is 3.74. The molecule has 2 heteroatoms. The predicted octanol–water partition coefficient (Wildman–Crippen LogP) is 10.4. The molecule has 0 radical (unpaired) electrons. The molecule has 0 aromatic rings. The minimum atomic E-state index is 0.747. The second kappa shape index (κ2) is 32.6. The van der Waals surface area contributed by atoms with Crippen molar-refractivity contribution in [1.29, 1.82) is 10.5 Å². The van der Waals surface area contributed by atoms with E-state index in [-0.39, 0.29) is 0 Å². The van der Waals surface area contributed by atoms with Gasteiger partial charge in [0.2, 0.25) is 0 Å². The van der Waals surface area contributed by atoms with E-state index >= 15 is 0 Å². The predicted molar refractivity (Wildman–Crippen MR) is 133 cm³/mol. The highest BCUT2D eigenvalue weighted by Crippen LogP contribution is 2.12. The third-order valence-electron chi connectivity index (χ3n) is 5.78. The quantitative estimate of drug-likeness (QED) is 0.164. The van der Waals surface area contributed by atoms with E-state index in [0.717, 1.165) is 25.7 Å². The molecule has 0 amide bonds. The Morgan fingerprint density at radius 3 is 0.733 bits per heavy atom. The average molecular weight is 419 g/mol. The van der Waals surface area contributed by atoms with Gasteiger partial charge in [-0.05, 0) is 12.8 Å². The van der Waals surface area contributed by atoms with E-state index in [0.29, 0.717) is 0 Å². The summed E-state index contributed by atoms with van der Waals surface area (Å²) >= 11 is 0. The lowest BCUT2D eigenvalue weighted by molar-refractivity contribution is 0.551. The summed E-state index contributed by atoms with van der Waals surface area (Å²) in [7, 11) is 0. The summed E-state index contributed by atoms with van der Waals surface area (Å²) in [6, 6.07) is 4.40. The average Bonchev–Trinajstić information content (AvgIpc) is 2.76. The molecule has 0 N–H and O–H groups in total. The first-order valence-corrected chi connectivity index (χ1v) is 13.6. The molecule has 2 nitrogen and oxygen atoms in total. The summed E-state index contributed by atoms with van der Waals surface area (Å²) in [6.07, 6.45) is 31.4. The fraction of sp³-hybridized carbons (Fsp3) is 0.929. The molecule has 30 heavy (non-hydrogen) atoms. The molecular weight excluding hydrogens is 364 g/mol. The van der Waals surface area contributed by atoms with Crippen molar-refractivity contribution in [3.63, 3.8) is 0 Å². The summed E-state index contributed by atoms with van der Waals surface area (Å²) in [4.78, 5) is 0. The summed E-state index contributed by atoms with van der Waals surface area (Å²) in [6.45, 7) is 4.53. The van der Waals surface area contributed by atoms with Crippen LogP contribution in [0.15, 0.2) is 0 Å². The normalized spacial score (nSPS) is 10.1. The Hall–Kier alpha value is -1.02. The van der Waals surface area contributed by atoms with Crippen LogP contribution >= 0.6 is 0 Å². The maximum absolute atomic E-state index is 8.36. The first-order valence-electron chi connectivity index (χ1n) is 13.6. The van der Waals surface area contributed by atoms with Crippen LogP contribution in [0.4, 0.5) is 0 Å². The van der Waals surface area contributed by atoms with E-state index in [4.69, 9.17) is 10.5 Å². The molecule has 176 valence electrons. The summed E-state index contributed by atoms with van der Waals surface area (Å²) in [5, 5.41) is 16.7. The van der Waals surface area contributed by atoms with E-state index in [2.05, 4.69) is 26.0 Å². The van der Waals surface area contributed by atoms with Gasteiger partial charge in [0.1, 0.15) is 0 Å². The van der Waals surface area contributed by atoms with Crippen LogP contribution in [-0.2, 0) is 0 Å². The molecule has 0 saturated heterocycles. The van der Waals surface area contributed by atoms with Gasteiger partial charge in [0.25, 0.3) is 0 Å². The highest BCUT2D eigenvalue weighted by Gasteiger charge is 1.93. The molecule has 0 aliphatic heterocycles. The lowest BCUT2D eigenvalue weighted by Crippen LogP contribution is -1.81. The van der Waals surface area contributed by atoms with Crippen molar-refractivity contribution in [3.05, 3.63) is 0 Å². The molecule has 0 bridgehead atoms. The van der Waals surface area contributed by atoms with Gasteiger partial charge in [0, 0.05) is 12.8 Å². The molecule has 0 fully saturated rings. The van der Waals surface area contributed by atoms with Crippen LogP contribution in [0.5, 0.6) is 0 Å². The number of nitrogens with zero attached hydrogens (tertiary/aromatic N) is 2. The van der Waals surface area contributed by atoms with Gasteiger partial charge in [0.05, 0.1) is 12.1 Å². The Morgan fingerprint density at radius 2 is 0.533 bits per heavy atom. The Morgan fingerprint density at radius 1 is 0.333 bits per heavy atom. The third kappa shape index (κ3) is 34.5. The molecule has 0 aromatic carbocycles. The molecule has 0 aliphatic carbocycles. The van der Waals surface area contributed by atoms with Gasteiger partial charge in [-0.25, -0.2) is 0 Å². The van der Waals surface area contributed by atoms with Crippen molar-refractivity contribution in [3.8, 4) is 12.1 Å². The monoisotopic (exact) mass is 418 g/mol. The molecular formula is C28H54N2. The van der Waals surface area contributed by atoms with Crippen molar-refractivity contribution in [2.75, 3.05) is 0 Å². The van der Waals surface area contributed by atoms with E-state index < -0.39 is 0 Å². The van der Waals surface area contributed by atoms with Crippen molar-refractivity contribution in [1.82, 2.24) is 0 Å². The van der Waals surface area contributed by atoms with Crippen molar-refractivity contribution < 1.29 is 0 Å². The summed E-state index contributed by atoms with van der Waals surface area (Å²) in [5.74, 6) is 0. The number of hydrogen-bond donors (Lipinski definition) is 0. The van der Waals surface area contributed by atoms with Crippen molar-refractivity contribution in [2.24, 2.45) is 0 Å². The van der Waals surface area contributed by atoms with E-state index in [1.165, 1.54) is 128 Å². The molecule has 0 aliphatic rings. The van der Waals surface area contributed by atoms with E-state index in [9.17, 15) is 0 Å². The lowest BCUT2D eigenvalue weighted by Gasteiger charge is -2.01. The zero-order chi connectivity index (χ0) is 22.4.